The topological polar surface area (TPSA) is 9.23 Å². The summed E-state index contributed by atoms with van der Waals surface area (Å²) in [4.78, 5) is 0. The van der Waals surface area contributed by atoms with E-state index in [1.807, 2.05) is 31.2 Å². The Morgan fingerprint density at radius 1 is 1.05 bits per heavy atom. The van der Waals surface area contributed by atoms with Crippen LogP contribution in [0.25, 0.3) is 5.57 Å². The van der Waals surface area contributed by atoms with Crippen LogP contribution >= 0.6 is 0 Å². The van der Waals surface area contributed by atoms with Crippen LogP contribution in [0.5, 0.6) is 5.75 Å². The lowest BCUT2D eigenvalue weighted by Gasteiger charge is -2.07. The summed E-state index contributed by atoms with van der Waals surface area (Å²) < 4.78 is 5.47. The molecule has 0 atom stereocenters. The number of ether oxygens (including phenoxy) is 1. The predicted octanol–water partition coefficient (Wildman–Crippen LogP) is 5.29. The van der Waals surface area contributed by atoms with Gasteiger partial charge in [0.05, 0.1) is 6.61 Å². The number of benzene rings is 2. The van der Waals surface area contributed by atoms with Gasteiger partial charge in [0.15, 0.2) is 0 Å². The largest absolute Gasteiger partial charge is 0.494 e. The van der Waals surface area contributed by atoms with Crippen molar-refractivity contribution >= 4 is 5.57 Å². The lowest BCUT2D eigenvalue weighted by atomic mass is 10.00. The summed E-state index contributed by atoms with van der Waals surface area (Å²) in [5.74, 6) is 0.930. The van der Waals surface area contributed by atoms with Crippen LogP contribution in [0.4, 0.5) is 0 Å². The molecule has 0 radical (unpaired) electrons. The third kappa shape index (κ3) is 4.64. The van der Waals surface area contributed by atoms with E-state index < -0.39 is 0 Å². The second-order valence-corrected chi connectivity index (χ2v) is 4.87. The minimum Gasteiger partial charge on any atom is -0.494 e. The van der Waals surface area contributed by atoms with Crippen LogP contribution in [-0.4, -0.2) is 6.61 Å². The summed E-state index contributed by atoms with van der Waals surface area (Å²) >= 11 is 0. The van der Waals surface area contributed by atoms with Crippen molar-refractivity contribution in [3.05, 3.63) is 84.5 Å². The Labute approximate surface area is 127 Å². The SMILES string of the molecule is C=CC/C(=C/Cc1ccc(OCC)cc1)c1ccccc1. The van der Waals surface area contributed by atoms with Crippen molar-refractivity contribution in [1.82, 2.24) is 0 Å². The molecule has 0 saturated carbocycles. The first-order chi connectivity index (χ1) is 10.3. The van der Waals surface area contributed by atoms with E-state index in [-0.39, 0.29) is 0 Å². The molecule has 2 aromatic rings. The fourth-order valence-electron chi connectivity index (χ4n) is 2.26. The van der Waals surface area contributed by atoms with E-state index in [2.05, 4.69) is 49.1 Å². The van der Waals surface area contributed by atoms with Gasteiger partial charge in [-0.2, -0.15) is 0 Å². The van der Waals surface area contributed by atoms with Crippen molar-refractivity contribution in [2.24, 2.45) is 0 Å². The molecule has 1 heteroatoms. The smallest absolute Gasteiger partial charge is 0.119 e. The van der Waals surface area contributed by atoms with E-state index in [9.17, 15) is 0 Å². The highest BCUT2D eigenvalue weighted by Gasteiger charge is 1.99. The highest BCUT2D eigenvalue weighted by atomic mass is 16.5. The van der Waals surface area contributed by atoms with Gasteiger partial charge in [0, 0.05) is 0 Å². The summed E-state index contributed by atoms with van der Waals surface area (Å²) in [5, 5.41) is 0. The molecule has 2 aromatic carbocycles. The Hall–Kier alpha value is -2.28. The van der Waals surface area contributed by atoms with Gasteiger partial charge in [0.25, 0.3) is 0 Å². The van der Waals surface area contributed by atoms with Gasteiger partial charge in [-0.15, -0.1) is 6.58 Å². The Bertz CT molecular complexity index is 579. The molecule has 0 aliphatic rings. The highest BCUT2D eigenvalue weighted by Crippen LogP contribution is 2.20. The summed E-state index contributed by atoms with van der Waals surface area (Å²) in [6.07, 6.45) is 6.05. The predicted molar refractivity (Wildman–Crippen MR) is 90.5 cm³/mol. The molecule has 0 saturated heterocycles. The molecule has 0 aliphatic heterocycles. The minimum absolute atomic E-state index is 0.705. The number of allylic oxidation sites excluding steroid dienone is 3. The average Bonchev–Trinajstić information content (AvgIpc) is 2.54. The van der Waals surface area contributed by atoms with E-state index in [1.165, 1.54) is 16.7 Å². The Kier molecular flexibility index (Phi) is 5.83. The zero-order valence-corrected chi connectivity index (χ0v) is 12.6. The fraction of sp³-hybridized carbons (Fsp3) is 0.200. The Morgan fingerprint density at radius 2 is 1.76 bits per heavy atom. The molecule has 0 unspecified atom stereocenters. The summed E-state index contributed by atoms with van der Waals surface area (Å²) in [7, 11) is 0. The Morgan fingerprint density at radius 3 is 2.38 bits per heavy atom. The number of rotatable bonds is 7. The third-order valence-corrected chi connectivity index (χ3v) is 3.33. The van der Waals surface area contributed by atoms with Crippen LogP contribution in [0, 0.1) is 0 Å². The van der Waals surface area contributed by atoms with Gasteiger partial charge in [0.2, 0.25) is 0 Å². The van der Waals surface area contributed by atoms with E-state index in [0.717, 1.165) is 18.6 Å². The molecule has 0 spiro atoms. The average molecular weight is 278 g/mol. The molecule has 21 heavy (non-hydrogen) atoms. The van der Waals surface area contributed by atoms with Crippen LogP contribution in [-0.2, 0) is 6.42 Å². The van der Waals surface area contributed by atoms with Crippen molar-refractivity contribution < 1.29 is 4.74 Å². The van der Waals surface area contributed by atoms with Crippen LogP contribution in [0.2, 0.25) is 0 Å². The Balaban J connectivity index is 2.10. The molecular formula is C20H22O. The molecule has 0 amide bonds. The van der Waals surface area contributed by atoms with Crippen molar-refractivity contribution in [3.63, 3.8) is 0 Å². The van der Waals surface area contributed by atoms with Crippen molar-refractivity contribution in [2.75, 3.05) is 6.61 Å². The van der Waals surface area contributed by atoms with Crippen molar-refractivity contribution in [1.29, 1.82) is 0 Å². The van der Waals surface area contributed by atoms with Crippen molar-refractivity contribution in [2.45, 2.75) is 19.8 Å². The molecular weight excluding hydrogens is 256 g/mol. The normalized spacial score (nSPS) is 11.2. The maximum absolute atomic E-state index is 5.47. The molecule has 0 aromatic heterocycles. The minimum atomic E-state index is 0.705. The van der Waals surface area contributed by atoms with Gasteiger partial charge < -0.3 is 4.74 Å². The van der Waals surface area contributed by atoms with Crippen molar-refractivity contribution in [3.8, 4) is 5.75 Å². The van der Waals surface area contributed by atoms with Crippen LogP contribution in [0.15, 0.2) is 73.3 Å². The molecule has 0 heterocycles. The van der Waals surface area contributed by atoms with E-state index in [4.69, 9.17) is 4.74 Å². The maximum atomic E-state index is 5.47. The summed E-state index contributed by atoms with van der Waals surface area (Å²) in [6.45, 7) is 6.56. The van der Waals surface area contributed by atoms with Gasteiger partial charge in [-0.25, -0.2) is 0 Å². The first kappa shape index (κ1) is 15.1. The summed E-state index contributed by atoms with van der Waals surface area (Å²) in [6, 6.07) is 18.8. The highest BCUT2D eigenvalue weighted by molar-refractivity contribution is 5.66. The monoisotopic (exact) mass is 278 g/mol. The van der Waals surface area contributed by atoms with Crippen LogP contribution in [0.3, 0.4) is 0 Å². The zero-order valence-electron chi connectivity index (χ0n) is 12.6. The van der Waals surface area contributed by atoms with Gasteiger partial charge in [-0.3, -0.25) is 0 Å². The molecule has 0 aliphatic carbocycles. The van der Waals surface area contributed by atoms with Crippen LogP contribution in [0.1, 0.15) is 24.5 Å². The second-order valence-electron chi connectivity index (χ2n) is 4.87. The quantitative estimate of drug-likeness (QED) is 0.625. The van der Waals surface area contributed by atoms with E-state index in [1.54, 1.807) is 0 Å². The molecule has 108 valence electrons. The molecule has 0 fully saturated rings. The fourth-order valence-corrected chi connectivity index (χ4v) is 2.26. The first-order valence-electron chi connectivity index (χ1n) is 7.40. The zero-order chi connectivity index (χ0) is 14.9. The van der Waals surface area contributed by atoms with E-state index >= 15 is 0 Å². The first-order valence-corrected chi connectivity index (χ1v) is 7.40. The standard InChI is InChI=1S/C20H22O/c1-3-8-18(19-9-6-5-7-10-19)14-11-17-12-15-20(16-13-17)21-4-2/h3,5-7,9-10,12-16H,1,4,8,11H2,2H3/b18-14-. The molecule has 2 rings (SSSR count). The maximum Gasteiger partial charge on any atom is 0.119 e. The molecule has 0 N–H and O–H groups in total. The van der Waals surface area contributed by atoms with E-state index in [0.29, 0.717) is 6.61 Å². The molecule has 0 bridgehead atoms. The van der Waals surface area contributed by atoms with Gasteiger partial charge in [0.1, 0.15) is 5.75 Å². The molecule has 1 nitrogen and oxygen atoms in total. The number of hydrogen-bond acceptors (Lipinski definition) is 1. The lowest BCUT2D eigenvalue weighted by molar-refractivity contribution is 0.340. The summed E-state index contributed by atoms with van der Waals surface area (Å²) in [5.41, 5.74) is 3.87. The van der Waals surface area contributed by atoms with Gasteiger partial charge >= 0.3 is 0 Å². The lowest BCUT2D eigenvalue weighted by Crippen LogP contribution is -1.91. The second kappa shape index (κ2) is 8.11. The van der Waals surface area contributed by atoms with Gasteiger partial charge in [-0.05, 0) is 48.6 Å². The number of hydrogen-bond donors (Lipinski definition) is 0. The van der Waals surface area contributed by atoms with Crippen LogP contribution < -0.4 is 4.74 Å². The third-order valence-electron chi connectivity index (χ3n) is 3.33. The van der Waals surface area contributed by atoms with Gasteiger partial charge in [-0.1, -0.05) is 54.6 Å².